The average molecular weight is 341 g/mol. The van der Waals surface area contributed by atoms with E-state index in [0.717, 1.165) is 12.1 Å². The number of carbonyl (C=O) groups is 1. The molecule has 0 bridgehead atoms. The summed E-state index contributed by atoms with van der Waals surface area (Å²) in [6.07, 6.45) is 0. The van der Waals surface area contributed by atoms with Gasteiger partial charge in [0.05, 0.1) is 20.1 Å². The van der Waals surface area contributed by atoms with Crippen molar-refractivity contribution in [2.75, 3.05) is 27.3 Å². The Morgan fingerprint density at radius 3 is 2.52 bits per heavy atom. The molecule has 0 amide bonds. The predicted octanol–water partition coefficient (Wildman–Crippen LogP) is 3.00. The summed E-state index contributed by atoms with van der Waals surface area (Å²) in [4.78, 5) is 14.0. The summed E-state index contributed by atoms with van der Waals surface area (Å²) in [6, 6.07) is 15.7. The maximum atomic E-state index is 11.8. The monoisotopic (exact) mass is 341 g/mol. The first-order chi connectivity index (χ1) is 12.1. The van der Waals surface area contributed by atoms with Crippen LogP contribution in [-0.4, -0.2) is 43.3 Å². The van der Waals surface area contributed by atoms with Crippen LogP contribution >= 0.6 is 0 Å². The zero-order valence-corrected chi connectivity index (χ0v) is 14.5. The van der Waals surface area contributed by atoms with Crippen molar-refractivity contribution < 1.29 is 19.4 Å². The summed E-state index contributed by atoms with van der Waals surface area (Å²) in [5, 5.41) is 9.70. The van der Waals surface area contributed by atoms with Crippen LogP contribution in [0, 0.1) is 5.92 Å². The zero-order valence-electron chi connectivity index (χ0n) is 14.5. The summed E-state index contributed by atoms with van der Waals surface area (Å²) in [6.45, 7) is 1.97. The van der Waals surface area contributed by atoms with Gasteiger partial charge < -0.3 is 14.6 Å². The molecule has 0 saturated carbocycles. The highest BCUT2D eigenvalue weighted by atomic mass is 16.5. The van der Waals surface area contributed by atoms with Crippen molar-refractivity contribution in [3.05, 3.63) is 59.7 Å². The number of carboxylic acid groups (broad SMARTS) is 1. The number of benzene rings is 2. The maximum absolute atomic E-state index is 11.8. The van der Waals surface area contributed by atoms with Gasteiger partial charge in [-0.25, -0.2) is 0 Å². The van der Waals surface area contributed by atoms with E-state index in [1.54, 1.807) is 14.2 Å². The Morgan fingerprint density at radius 2 is 1.88 bits per heavy atom. The van der Waals surface area contributed by atoms with Crippen molar-refractivity contribution in [2.24, 2.45) is 5.92 Å². The van der Waals surface area contributed by atoms with Crippen LogP contribution in [0.4, 0.5) is 0 Å². The Kier molecular flexibility index (Phi) is 5.24. The summed E-state index contributed by atoms with van der Waals surface area (Å²) < 4.78 is 10.7. The number of hydrogen-bond acceptors (Lipinski definition) is 4. The number of aliphatic carboxylic acids is 1. The zero-order chi connectivity index (χ0) is 17.8. The van der Waals surface area contributed by atoms with Crippen molar-refractivity contribution in [1.29, 1.82) is 0 Å². The first kappa shape index (κ1) is 17.3. The van der Waals surface area contributed by atoms with Crippen LogP contribution in [0.3, 0.4) is 0 Å². The van der Waals surface area contributed by atoms with Crippen LogP contribution in [0.15, 0.2) is 48.5 Å². The lowest BCUT2D eigenvalue weighted by atomic mass is 9.88. The van der Waals surface area contributed by atoms with Gasteiger partial charge in [-0.05, 0) is 17.2 Å². The molecule has 1 heterocycles. The van der Waals surface area contributed by atoms with Crippen LogP contribution in [0.1, 0.15) is 17.0 Å². The quantitative estimate of drug-likeness (QED) is 0.875. The normalized spacial score (nSPS) is 20.4. The minimum Gasteiger partial charge on any atom is -0.497 e. The smallest absolute Gasteiger partial charge is 0.308 e. The molecule has 2 aromatic carbocycles. The lowest BCUT2D eigenvalue weighted by Crippen LogP contribution is -2.23. The van der Waals surface area contributed by atoms with Gasteiger partial charge >= 0.3 is 5.97 Å². The third-order valence-electron chi connectivity index (χ3n) is 4.80. The standard InChI is InChI=1S/C20H23NO4/c1-24-15-8-9-16(19(10-15)25-2)17-12-21(13-18(17)20(22)23)11-14-6-4-3-5-7-14/h3-10,17-18H,11-13H2,1-2H3,(H,22,23)/t17-,18+/m1/s1. The van der Waals surface area contributed by atoms with Gasteiger partial charge in [-0.1, -0.05) is 36.4 Å². The highest BCUT2D eigenvalue weighted by molar-refractivity contribution is 5.72. The highest BCUT2D eigenvalue weighted by Crippen LogP contribution is 2.39. The summed E-state index contributed by atoms with van der Waals surface area (Å²) in [5.41, 5.74) is 2.11. The number of rotatable bonds is 6. The van der Waals surface area contributed by atoms with E-state index in [0.29, 0.717) is 24.6 Å². The lowest BCUT2D eigenvalue weighted by Gasteiger charge is -2.19. The molecule has 1 aliphatic rings. The Balaban J connectivity index is 1.85. The fraction of sp³-hybridized carbons (Fsp3) is 0.350. The summed E-state index contributed by atoms with van der Waals surface area (Å²) in [5.74, 6) is 0.0512. The minimum atomic E-state index is -0.765. The topological polar surface area (TPSA) is 59.0 Å². The molecule has 3 rings (SSSR count). The van der Waals surface area contributed by atoms with Crippen LogP contribution in [0.5, 0.6) is 11.5 Å². The fourth-order valence-corrected chi connectivity index (χ4v) is 3.55. The molecule has 0 aromatic heterocycles. The molecule has 0 aliphatic carbocycles. The maximum Gasteiger partial charge on any atom is 0.308 e. The molecule has 0 unspecified atom stereocenters. The fourth-order valence-electron chi connectivity index (χ4n) is 3.55. The Labute approximate surface area is 147 Å². The third kappa shape index (κ3) is 3.77. The van der Waals surface area contributed by atoms with E-state index in [-0.39, 0.29) is 5.92 Å². The van der Waals surface area contributed by atoms with Gasteiger partial charge in [0.1, 0.15) is 11.5 Å². The van der Waals surface area contributed by atoms with Crippen molar-refractivity contribution in [2.45, 2.75) is 12.5 Å². The average Bonchev–Trinajstić information content (AvgIpc) is 3.05. The third-order valence-corrected chi connectivity index (χ3v) is 4.80. The number of ether oxygens (including phenoxy) is 2. The van der Waals surface area contributed by atoms with Gasteiger partial charge in [-0.3, -0.25) is 9.69 Å². The van der Waals surface area contributed by atoms with Crippen LogP contribution in [-0.2, 0) is 11.3 Å². The molecular weight excluding hydrogens is 318 g/mol. The Bertz CT molecular complexity index is 732. The van der Waals surface area contributed by atoms with Crippen LogP contribution in [0.2, 0.25) is 0 Å². The van der Waals surface area contributed by atoms with E-state index in [1.807, 2.05) is 36.4 Å². The van der Waals surface area contributed by atoms with Crippen molar-refractivity contribution in [3.8, 4) is 11.5 Å². The highest BCUT2D eigenvalue weighted by Gasteiger charge is 2.39. The molecule has 2 atom stereocenters. The Morgan fingerprint density at radius 1 is 1.12 bits per heavy atom. The molecule has 0 radical (unpaired) electrons. The van der Waals surface area contributed by atoms with E-state index in [2.05, 4.69) is 17.0 Å². The first-order valence-corrected chi connectivity index (χ1v) is 8.33. The molecule has 1 fully saturated rings. The first-order valence-electron chi connectivity index (χ1n) is 8.33. The van der Waals surface area contributed by atoms with Crippen LogP contribution < -0.4 is 9.47 Å². The number of methoxy groups -OCH3 is 2. The van der Waals surface area contributed by atoms with Gasteiger partial charge in [-0.2, -0.15) is 0 Å². The summed E-state index contributed by atoms with van der Waals surface area (Å²) >= 11 is 0. The molecule has 25 heavy (non-hydrogen) atoms. The van der Waals surface area contributed by atoms with Crippen molar-refractivity contribution >= 4 is 5.97 Å². The molecular formula is C20H23NO4. The SMILES string of the molecule is COc1ccc([C@H]2CN(Cc3ccccc3)C[C@@H]2C(=O)O)c(OC)c1. The number of nitrogens with zero attached hydrogens (tertiary/aromatic N) is 1. The minimum absolute atomic E-state index is 0.109. The second-order valence-electron chi connectivity index (χ2n) is 6.34. The second-order valence-corrected chi connectivity index (χ2v) is 6.34. The number of hydrogen-bond donors (Lipinski definition) is 1. The van der Waals surface area contributed by atoms with Gasteiger partial charge in [0.25, 0.3) is 0 Å². The van der Waals surface area contributed by atoms with Gasteiger partial charge in [-0.15, -0.1) is 0 Å². The molecule has 1 saturated heterocycles. The Hall–Kier alpha value is -2.53. The van der Waals surface area contributed by atoms with Gasteiger partial charge in [0.2, 0.25) is 0 Å². The predicted molar refractivity (Wildman–Crippen MR) is 95.1 cm³/mol. The molecule has 2 aromatic rings. The van der Waals surface area contributed by atoms with Crippen molar-refractivity contribution in [1.82, 2.24) is 4.90 Å². The van der Waals surface area contributed by atoms with E-state index >= 15 is 0 Å². The van der Waals surface area contributed by atoms with E-state index in [9.17, 15) is 9.90 Å². The molecule has 5 heteroatoms. The summed E-state index contributed by atoms with van der Waals surface area (Å²) in [7, 11) is 3.20. The number of likely N-dealkylation sites (tertiary alicyclic amines) is 1. The van der Waals surface area contributed by atoms with E-state index in [4.69, 9.17) is 9.47 Å². The van der Waals surface area contributed by atoms with Crippen molar-refractivity contribution in [3.63, 3.8) is 0 Å². The second kappa shape index (κ2) is 7.57. The molecule has 1 aliphatic heterocycles. The molecule has 0 spiro atoms. The molecule has 1 N–H and O–H groups in total. The van der Waals surface area contributed by atoms with Crippen LogP contribution in [0.25, 0.3) is 0 Å². The lowest BCUT2D eigenvalue weighted by molar-refractivity contribution is -0.141. The molecule has 132 valence electrons. The van der Waals surface area contributed by atoms with Gasteiger partial charge in [0, 0.05) is 31.6 Å². The van der Waals surface area contributed by atoms with E-state index < -0.39 is 11.9 Å². The van der Waals surface area contributed by atoms with Gasteiger partial charge in [0.15, 0.2) is 0 Å². The number of carboxylic acids is 1. The van der Waals surface area contributed by atoms with E-state index in [1.165, 1.54) is 5.56 Å². The molecule has 5 nitrogen and oxygen atoms in total. The largest absolute Gasteiger partial charge is 0.497 e.